The van der Waals surface area contributed by atoms with Gasteiger partial charge in [0.2, 0.25) is 0 Å². The highest BCUT2D eigenvalue weighted by Crippen LogP contribution is 2.54. The Morgan fingerprint density at radius 2 is 2.16 bits per heavy atom. The van der Waals surface area contributed by atoms with Crippen LogP contribution in [0.5, 0.6) is 0 Å². The van der Waals surface area contributed by atoms with E-state index in [1.165, 1.54) is 12.1 Å². The van der Waals surface area contributed by atoms with Gasteiger partial charge in [-0.05, 0) is 49.3 Å². The van der Waals surface area contributed by atoms with Crippen LogP contribution >= 0.6 is 0 Å². The number of nitrogens with one attached hydrogen (secondary N) is 1. The van der Waals surface area contributed by atoms with Gasteiger partial charge in [-0.15, -0.1) is 0 Å². The van der Waals surface area contributed by atoms with Gasteiger partial charge in [0, 0.05) is 12.6 Å². The summed E-state index contributed by atoms with van der Waals surface area (Å²) < 4.78 is 12.8. The number of carboxylic acid groups (broad SMARTS) is 1. The molecule has 1 aromatic rings. The van der Waals surface area contributed by atoms with E-state index < -0.39 is 11.4 Å². The number of rotatable bonds is 4. The van der Waals surface area contributed by atoms with Crippen molar-refractivity contribution in [3.05, 3.63) is 35.6 Å². The van der Waals surface area contributed by atoms with E-state index in [1.807, 2.05) is 0 Å². The number of halogens is 1. The van der Waals surface area contributed by atoms with Gasteiger partial charge in [-0.3, -0.25) is 4.79 Å². The van der Waals surface area contributed by atoms with E-state index in [1.54, 1.807) is 12.1 Å². The van der Waals surface area contributed by atoms with E-state index in [0.717, 1.165) is 31.2 Å². The van der Waals surface area contributed by atoms with Crippen molar-refractivity contribution in [2.24, 2.45) is 11.3 Å². The third-order valence-corrected chi connectivity index (χ3v) is 4.78. The summed E-state index contributed by atoms with van der Waals surface area (Å²) in [5, 5.41) is 12.9. The van der Waals surface area contributed by atoms with Crippen LogP contribution in [0.4, 0.5) is 4.39 Å². The molecule has 4 heteroatoms. The minimum Gasteiger partial charge on any atom is -0.481 e. The van der Waals surface area contributed by atoms with Crippen molar-refractivity contribution in [3.63, 3.8) is 0 Å². The number of carboxylic acids is 1. The van der Waals surface area contributed by atoms with E-state index in [9.17, 15) is 14.3 Å². The first kappa shape index (κ1) is 12.6. The Morgan fingerprint density at radius 1 is 1.42 bits per heavy atom. The van der Waals surface area contributed by atoms with Gasteiger partial charge in [0.15, 0.2) is 0 Å². The second-order valence-corrected chi connectivity index (χ2v) is 5.87. The summed E-state index contributed by atoms with van der Waals surface area (Å²) in [5.74, 6) is -0.350. The molecular formula is C15H18FNO2. The van der Waals surface area contributed by atoms with Crippen LogP contribution < -0.4 is 5.32 Å². The summed E-state index contributed by atoms with van der Waals surface area (Å²) in [7, 11) is 0. The van der Waals surface area contributed by atoms with E-state index in [0.29, 0.717) is 12.5 Å². The number of hydrogen-bond acceptors (Lipinski definition) is 2. The first-order valence-corrected chi connectivity index (χ1v) is 6.81. The molecule has 2 aliphatic carbocycles. The van der Waals surface area contributed by atoms with Crippen LogP contribution in [0.1, 0.15) is 31.2 Å². The maximum atomic E-state index is 12.8. The van der Waals surface area contributed by atoms with E-state index >= 15 is 0 Å². The zero-order valence-corrected chi connectivity index (χ0v) is 10.7. The summed E-state index contributed by atoms with van der Waals surface area (Å²) in [6.07, 6.45) is 3.59. The Hall–Kier alpha value is -1.42. The van der Waals surface area contributed by atoms with Crippen LogP contribution in [-0.4, -0.2) is 17.1 Å². The molecular weight excluding hydrogens is 245 g/mol. The molecule has 0 spiro atoms. The quantitative estimate of drug-likeness (QED) is 0.877. The Morgan fingerprint density at radius 3 is 2.79 bits per heavy atom. The topological polar surface area (TPSA) is 49.3 Å². The monoisotopic (exact) mass is 263 g/mol. The van der Waals surface area contributed by atoms with Crippen LogP contribution in [0.2, 0.25) is 0 Å². The average molecular weight is 263 g/mol. The molecule has 0 aliphatic heterocycles. The SMILES string of the molecule is O=C(O)C12CCC(CC1NCc1ccc(F)cc1)C2. The predicted molar refractivity (Wildman–Crippen MR) is 69.1 cm³/mol. The van der Waals surface area contributed by atoms with Gasteiger partial charge < -0.3 is 10.4 Å². The minimum atomic E-state index is -0.663. The number of benzene rings is 1. The van der Waals surface area contributed by atoms with Gasteiger partial charge in [0.05, 0.1) is 5.41 Å². The summed E-state index contributed by atoms with van der Waals surface area (Å²) in [5.41, 5.74) is 0.426. The van der Waals surface area contributed by atoms with Crippen molar-refractivity contribution in [2.75, 3.05) is 0 Å². The van der Waals surface area contributed by atoms with Gasteiger partial charge in [0.25, 0.3) is 0 Å². The number of hydrogen-bond donors (Lipinski definition) is 2. The lowest BCUT2D eigenvalue weighted by Crippen LogP contribution is -2.46. The lowest BCUT2D eigenvalue weighted by molar-refractivity contribution is -0.149. The molecule has 0 aromatic heterocycles. The fraction of sp³-hybridized carbons (Fsp3) is 0.533. The normalized spacial score (nSPS) is 32.7. The fourth-order valence-corrected chi connectivity index (χ4v) is 3.72. The summed E-state index contributed by atoms with van der Waals surface area (Å²) in [4.78, 5) is 11.6. The second-order valence-electron chi connectivity index (χ2n) is 5.87. The highest BCUT2D eigenvalue weighted by Gasteiger charge is 2.56. The summed E-state index contributed by atoms with van der Waals surface area (Å²) in [6, 6.07) is 6.40. The molecule has 2 bridgehead atoms. The third-order valence-electron chi connectivity index (χ3n) is 4.78. The molecule has 19 heavy (non-hydrogen) atoms. The third kappa shape index (κ3) is 2.14. The Kier molecular flexibility index (Phi) is 3.05. The van der Waals surface area contributed by atoms with Crippen molar-refractivity contribution in [2.45, 2.75) is 38.3 Å². The van der Waals surface area contributed by atoms with Gasteiger partial charge in [-0.2, -0.15) is 0 Å². The molecule has 2 saturated carbocycles. The Balaban J connectivity index is 1.67. The maximum Gasteiger partial charge on any atom is 0.311 e. The highest BCUT2D eigenvalue weighted by atomic mass is 19.1. The van der Waals surface area contributed by atoms with Crippen molar-refractivity contribution in [3.8, 4) is 0 Å². The largest absolute Gasteiger partial charge is 0.481 e. The zero-order valence-electron chi connectivity index (χ0n) is 10.7. The molecule has 3 nitrogen and oxygen atoms in total. The molecule has 0 heterocycles. The van der Waals surface area contributed by atoms with Crippen LogP contribution in [0.3, 0.4) is 0 Å². The molecule has 1 aromatic carbocycles. The van der Waals surface area contributed by atoms with Crippen molar-refractivity contribution in [1.29, 1.82) is 0 Å². The highest BCUT2D eigenvalue weighted by molar-refractivity contribution is 5.77. The van der Waals surface area contributed by atoms with E-state index in [2.05, 4.69) is 5.32 Å². The summed E-state index contributed by atoms with van der Waals surface area (Å²) >= 11 is 0. The van der Waals surface area contributed by atoms with Crippen LogP contribution in [0, 0.1) is 17.2 Å². The van der Waals surface area contributed by atoms with Crippen molar-refractivity contribution < 1.29 is 14.3 Å². The van der Waals surface area contributed by atoms with E-state index in [4.69, 9.17) is 0 Å². The Labute approximate surface area is 111 Å². The molecule has 102 valence electrons. The fourth-order valence-electron chi connectivity index (χ4n) is 3.72. The maximum absolute atomic E-state index is 12.8. The second kappa shape index (κ2) is 4.60. The van der Waals surface area contributed by atoms with Gasteiger partial charge in [0.1, 0.15) is 5.82 Å². The number of aliphatic carboxylic acids is 1. The molecule has 2 fully saturated rings. The lowest BCUT2D eigenvalue weighted by atomic mass is 9.80. The zero-order chi connectivity index (χ0) is 13.5. The molecule has 0 amide bonds. The molecule has 2 aliphatic rings. The van der Waals surface area contributed by atoms with Crippen molar-refractivity contribution >= 4 is 5.97 Å². The van der Waals surface area contributed by atoms with E-state index in [-0.39, 0.29) is 11.9 Å². The molecule has 3 rings (SSSR count). The first-order valence-electron chi connectivity index (χ1n) is 6.81. The smallest absolute Gasteiger partial charge is 0.311 e. The lowest BCUT2D eigenvalue weighted by Gasteiger charge is -2.32. The first-order chi connectivity index (χ1) is 9.10. The molecule has 3 atom stereocenters. The molecule has 0 saturated heterocycles. The van der Waals surface area contributed by atoms with Gasteiger partial charge in [-0.1, -0.05) is 12.1 Å². The van der Waals surface area contributed by atoms with Crippen LogP contribution in [0.25, 0.3) is 0 Å². The van der Waals surface area contributed by atoms with Crippen LogP contribution in [0.15, 0.2) is 24.3 Å². The van der Waals surface area contributed by atoms with Gasteiger partial charge in [-0.25, -0.2) is 4.39 Å². The standard InChI is InChI=1S/C15H18FNO2/c16-12-3-1-10(2-4-12)9-17-13-7-11-5-6-15(13,8-11)14(18)19/h1-4,11,13,17H,5-9H2,(H,18,19). The molecule has 3 unspecified atom stereocenters. The van der Waals surface area contributed by atoms with Crippen LogP contribution in [-0.2, 0) is 11.3 Å². The number of carbonyl (C=O) groups is 1. The van der Waals surface area contributed by atoms with Gasteiger partial charge >= 0.3 is 5.97 Å². The molecule has 0 radical (unpaired) electrons. The Bertz CT molecular complexity index is 487. The van der Waals surface area contributed by atoms with Crippen molar-refractivity contribution in [1.82, 2.24) is 5.32 Å². The average Bonchev–Trinajstić information content (AvgIpc) is 2.97. The number of fused-ring (bicyclic) bond motifs is 2. The summed E-state index contributed by atoms with van der Waals surface area (Å²) in [6.45, 7) is 0.604. The predicted octanol–water partition coefficient (Wildman–Crippen LogP) is 2.56. The molecule has 2 N–H and O–H groups in total. The minimum absolute atomic E-state index is 0.0498.